The first-order chi connectivity index (χ1) is 8.33. The van der Waals surface area contributed by atoms with Gasteiger partial charge in [-0.3, -0.25) is 0 Å². The Morgan fingerprint density at radius 2 is 2.41 bits per heavy atom. The zero-order valence-corrected chi connectivity index (χ0v) is 10.2. The first-order valence-corrected chi connectivity index (χ1v) is 6.74. The number of thiophene rings is 1. The van der Waals surface area contributed by atoms with Crippen molar-refractivity contribution in [1.82, 2.24) is 10.1 Å². The van der Waals surface area contributed by atoms with E-state index in [9.17, 15) is 5.11 Å². The molecule has 5 heteroatoms. The van der Waals surface area contributed by atoms with Crippen molar-refractivity contribution < 1.29 is 9.63 Å². The van der Waals surface area contributed by atoms with Crippen LogP contribution in [0.15, 0.2) is 22.0 Å². The molecule has 0 amide bonds. The Hall–Kier alpha value is -1.20. The molecule has 1 saturated carbocycles. The summed E-state index contributed by atoms with van der Waals surface area (Å²) in [5, 5.41) is 15.8. The summed E-state index contributed by atoms with van der Waals surface area (Å²) < 4.78 is 5.25. The van der Waals surface area contributed by atoms with E-state index in [4.69, 9.17) is 4.52 Å². The van der Waals surface area contributed by atoms with Gasteiger partial charge < -0.3 is 9.63 Å². The molecule has 2 aromatic rings. The quantitative estimate of drug-likeness (QED) is 0.908. The third-order valence-electron chi connectivity index (χ3n) is 3.19. The smallest absolute Gasteiger partial charge is 0.232 e. The molecule has 90 valence electrons. The van der Waals surface area contributed by atoms with Gasteiger partial charge in [-0.1, -0.05) is 11.2 Å². The van der Waals surface area contributed by atoms with Gasteiger partial charge in [-0.15, -0.1) is 11.3 Å². The average molecular weight is 250 g/mol. The molecular formula is C12H14N2O2S. The summed E-state index contributed by atoms with van der Waals surface area (Å²) in [6.45, 7) is 0. The van der Waals surface area contributed by atoms with Gasteiger partial charge in [0.25, 0.3) is 0 Å². The lowest BCUT2D eigenvalue weighted by molar-refractivity contribution is 0.148. The average Bonchev–Trinajstić information content (AvgIpc) is 3.00. The van der Waals surface area contributed by atoms with Crippen LogP contribution in [0.3, 0.4) is 0 Å². The van der Waals surface area contributed by atoms with E-state index in [1.807, 2.05) is 11.4 Å². The van der Waals surface area contributed by atoms with Gasteiger partial charge in [0.1, 0.15) is 0 Å². The zero-order chi connectivity index (χ0) is 11.7. The zero-order valence-electron chi connectivity index (χ0n) is 9.37. The van der Waals surface area contributed by atoms with Crippen molar-refractivity contribution >= 4 is 11.3 Å². The Balaban J connectivity index is 1.74. The first kappa shape index (κ1) is 10.9. The van der Waals surface area contributed by atoms with Crippen molar-refractivity contribution in [3.8, 4) is 0 Å². The topological polar surface area (TPSA) is 59.2 Å². The summed E-state index contributed by atoms with van der Waals surface area (Å²) in [7, 11) is 0. The van der Waals surface area contributed by atoms with Crippen LogP contribution in [0.2, 0.25) is 0 Å². The number of nitrogens with zero attached hydrogens (tertiary/aromatic N) is 2. The van der Waals surface area contributed by atoms with Crippen LogP contribution in [0.25, 0.3) is 0 Å². The molecule has 3 rings (SSSR count). The van der Waals surface area contributed by atoms with Crippen molar-refractivity contribution in [2.24, 2.45) is 0 Å². The minimum Gasteiger partial charge on any atom is -0.392 e. The lowest BCUT2D eigenvalue weighted by atomic mass is 10.1. The molecule has 2 aromatic heterocycles. The molecule has 1 aliphatic rings. The molecule has 2 heterocycles. The number of aliphatic hydroxyl groups is 1. The van der Waals surface area contributed by atoms with Crippen molar-refractivity contribution in [3.05, 3.63) is 34.1 Å². The van der Waals surface area contributed by atoms with Gasteiger partial charge in [0.2, 0.25) is 5.89 Å². The van der Waals surface area contributed by atoms with Gasteiger partial charge in [-0.25, -0.2) is 0 Å². The number of rotatable bonds is 3. The van der Waals surface area contributed by atoms with Crippen LogP contribution in [-0.4, -0.2) is 21.4 Å². The summed E-state index contributed by atoms with van der Waals surface area (Å²) in [5.41, 5.74) is 0. The highest BCUT2D eigenvalue weighted by molar-refractivity contribution is 7.09. The Morgan fingerprint density at radius 3 is 3.12 bits per heavy atom. The standard InChI is InChI=1S/C12H14N2O2S/c15-10-5-1-4-9(10)12-13-11(14-16-12)7-8-3-2-6-17-8/h2-3,6,9-10,15H,1,4-5,7H2. The van der Waals surface area contributed by atoms with Gasteiger partial charge in [0.15, 0.2) is 5.82 Å². The lowest BCUT2D eigenvalue weighted by Crippen LogP contribution is -2.11. The predicted octanol–water partition coefficient (Wildman–Crippen LogP) is 2.35. The number of aliphatic hydroxyl groups excluding tert-OH is 1. The second-order valence-electron chi connectivity index (χ2n) is 4.41. The van der Waals surface area contributed by atoms with Gasteiger partial charge in [-0.05, 0) is 30.7 Å². The normalized spacial score (nSPS) is 24.3. The van der Waals surface area contributed by atoms with E-state index in [2.05, 4.69) is 16.2 Å². The molecule has 0 spiro atoms. The Bertz CT molecular complexity index is 480. The van der Waals surface area contributed by atoms with E-state index >= 15 is 0 Å². The van der Waals surface area contributed by atoms with E-state index in [1.165, 1.54) is 4.88 Å². The molecular weight excluding hydrogens is 236 g/mol. The predicted molar refractivity (Wildman–Crippen MR) is 64.0 cm³/mol. The van der Waals surface area contributed by atoms with Crippen LogP contribution >= 0.6 is 11.3 Å². The first-order valence-electron chi connectivity index (χ1n) is 5.86. The molecule has 1 N–H and O–H groups in total. The number of hydrogen-bond donors (Lipinski definition) is 1. The summed E-state index contributed by atoms with van der Waals surface area (Å²) in [6.07, 6.45) is 3.22. The highest BCUT2D eigenvalue weighted by Crippen LogP contribution is 2.33. The summed E-state index contributed by atoms with van der Waals surface area (Å²) in [5.74, 6) is 1.35. The van der Waals surface area contributed by atoms with E-state index in [1.54, 1.807) is 11.3 Å². The molecule has 0 radical (unpaired) electrons. The molecule has 2 unspecified atom stereocenters. The SMILES string of the molecule is OC1CCCC1c1nc(Cc2cccs2)no1. The van der Waals surface area contributed by atoms with Crippen LogP contribution in [0, 0.1) is 0 Å². The highest BCUT2D eigenvalue weighted by atomic mass is 32.1. The maximum Gasteiger partial charge on any atom is 0.232 e. The fraction of sp³-hybridized carbons (Fsp3) is 0.500. The van der Waals surface area contributed by atoms with Gasteiger partial charge in [0, 0.05) is 11.3 Å². The molecule has 0 bridgehead atoms. The van der Waals surface area contributed by atoms with Crippen molar-refractivity contribution in [3.63, 3.8) is 0 Å². The van der Waals surface area contributed by atoms with E-state index < -0.39 is 0 Å². The molecule has 0 aromatic carbocycles. The van der Waals surface area contributed by atoms with Crippen LogP contribution in [0.4, 0.5) is 0 Å². The second kappa shape index (κ2) is 4.58. The minimum atomic E-state index is -0.315. The monoisotopic (exact) mass is 250 g/mol. The molecule has 2 atom stereocenters. The van der Waals surface area contributed by atoms with Crippen LogP contribution < -0.4 is 0 Å². The Kier molecular flexibility index (Phi) is 2.94. The van der Waals surface area contributed by atoms with Gasteiger partial charge >= 0.3 is 0 Å². The maximum atomic E-state index is 9.78. The van der Waals surface area contributed by atoms with E-state index in [-0.39, 0.29) is 12.0 Å². The number of aromatic nitrogens is 2. The Labute approximate surface area is 103 Å². The fourth-order valence-corrected chi connectivity index (χ4v) is 2.99. The van der Waals surface area contributed by atoms with Crippen LogP contribution in [0.5, 0.6) is 0 Å². The maximum absolute atomic E-state index is 9.78. The van der Waals surface area contributed by atoms with Crippen LogP contribution in [-0.2, 0) is 6.42 Å². The summed E-state index contributed by atoms with van der Waals surface area (Å²) in [6, 6.07) is 4.08. The lowest BCUT2D eigenvalue weighted by Gasteiger charge is -2.07. The third kappa shape index (κ3) is 2.25. The van der Waals surface area contributed by atoms with Crippen molar-refractivity contribution in [2.45, 2.75) is 37.7 Å². The van der Waals surface area contributed by atoms with Crippen molar-refractivity contribution in [2.75, 3.05) is 0 Å². The molecule has 0 saturated heterocycles. The highest BCUT2D eigenvalue weighted by Gasteiger charge is 2.31. The third-order valence-corrected chi connectivity index (χ3v) is 4.07. The van der Waals surface area contributed by atoms with Crippen molar-refractivity contribution in [1.29, 1.82) is 0 Å². The fourth-order valence-electron chi connectivity index (χ4n) is 2.29. The molecule has 4 nitrogen and oxygen atoms in total. The second-order valence-corrected chi connectivity index (χ2v) is 5.44. The molecule has 1 aliphatic carbocycles. The largest absolute Gasteiger partial charge is 0.392 e. The summed E-state index contributed by atoms with van der Waals surface area (Å²) in [4.78, 5) is 5.61. The number of hydrogen-bond acceptors (Lipinski definition) is 5. The molecule has 1 fully saturated rings. The van der Waals surface area contributed by atoms with E-state index in [0.717, 1.165) is 19.3 Å². The summed E-state index contributed by atoms with van der Waals surface area (Å²) >= 11 is 1.69. The molecule has 0 aliphatic heterocycles. The van der Waals surface area contributed by atoms with Gasteiger partial charge in [-0.2, -0.15) is 4.98 Å². The Morgan fingerprint density at radius 1 is 1.47 bits per heavy atom. The van der Waals surface area contributed by atoms with Crippen LogP contribution in [0.1, 0.15) is 41.8 Å². The van der Waals surface area contributed by atoms with E-state index in [0.29, 0.717) is 18.1 Å². The minimum absolute atomic E-state index is 0.0413. The van der Waals surface area contributed by atoms with Gasteiger partial charge in [0.05, 0.1) is 12.0 Å². The molecule has 17 heavy (non-hydrogen) atoms.